The molecule has 0 fully saturated rings. The fraction of sp³-hybridized carbons (Fsp3) is 0.125. The van der Waals surface area contributed by atoms with E-state index in [1.165, 1.54) is 24.3 Å². The third kappa shape index (κ3) is 4.07. The molecule has 0 saturated carbocycles. The second kappa shape index (κ2) is 7.23. The van der Waals surface area contributed by atoms with Crippen molar-refractivity contribution in [2.45, 2.75) is 13.8 Å². The van der Waals surface area contributed by atoms with E-state index in [-0.39, 0.29) is 11.4 Å². The highest BCUT2D eigenvalue weighted by Gasteiger charge is 2.07. The van der Waals surface area contributed by atoms with Gasteiger partial charge in [0.15, 0.2) is 0 Å². The number of non-ortho nitro benzene ring substituents is 2. The molecule has 8 heteroatoms. The molecule has 0 heterocycles. The number of hydrogen-bond donors (Lipinski definition) is 0. The van der Waals surface area contributed by atoms with E-state index in [0.717, 1.165) is 11.1 Å². The van der Waals surface area contributed by atoms with Crippen LogP contribution in [-0.4, -0.2) is 21.3 Å². The van der Waals surface area contributed by atoms with Crippen LogP contribution in [0, 0.1) is 20.2 Å². The Hall–Kier alpha value is -3.42. The Bertz CT molecular complexity index is 753. The summed E-state index contributed by atoms with van der Waals surface area (Å²) in [5.74, 6) is 0. The summed E-state index contributed by atoms with van der Waals surface area (Å²) >= 11 is 0. The zero-order chi connectivity index (χ0) is 17.7. The second-order valence-electron chi connectivity index (χ2n) is 4.98. The zero-order valence-electron chi connectivity index (χ0n) is 13.0. The molecule has 0 aliphatic rings. The Morgan fingerprint density at radius 1 is 0.708 bits per heavy atom. The standard InChI is InChI=1S/C16H14N4O4/c1-11(13-3-7-15(8-4-13)19(21)22)17-18-12(2)14-5-9-16(10-6-14)20(23)24/h3-10H,1-2H3. The lowest BCUT2D eigenvalue weighted by molar-refractivity contribution is -0.385. The SMILES string of the molecule is CC(=NN=C(C)c1ccc([N+](=O)[O-])cc1)c1ccc([N+](=O)[O-])cc1. The highest BCUT2D eigenvalue weighted by atomic mass is 16.6. The smallest absolute Gasteiger partial charge is 0.258 e. The summed E-state index contributed by atoms with van der Waals surface area (Å²) in [5.41, 5.74) is 2.67. The van der Waals surface area contributed by atoms with Crippen LogP contribution in [0.15, 0.2) is 58.7 Å². The van der Waals surface area contributed by atoms with Crippen molar-refractivity contribution in [3.8, 4) is 0 Å². The van der Waals surface area contributed by atoms with Gasteiger partial charge in [0.25, 0.3) is 11.4 Å². The normalized spacial score (nSPS) is 12.1. The van der Waals surface area contributed by atoms with Crippen molar-refractivity contribution in [3.05, 3.63) is 79.9 Å². The Balaban J connectivity index is 2.18. The topological polar surface area (TPSA) is 111 Å². The highest BCUT2D eigenvalue weighted by Crippen LogP contribution is 2.14. The summed E-state index contributed by atoms with van der Waals surface area (Å²) in [5, 5.41) is 29.5. The van der Waals surface area contributed by atoms with Gasteiger partial charge in [0.05, 0.1) is 21.3 Å². The average Bonchev–Trinajstić information content (AvgIpc) is 2.59. The van der Waals surface area contributed by atoms with E-state index in [0.29, 0.717) is 11.4 Å². The third-order valence-electron chi connectivity index (χ3n) is 3.34. The van der Waals surface area contributed by atoms with Crippen LogP contribution in [0.3, 0.4) is 0 Å². The summed E-state index contributed by atoms with van der Waals surface area (Å²) in [4.78, 5) is 20.3. The zero-order valence-corrected chi connectivity index (χ0v) is 13.0. The number of nitro groups is 2. The molecule has 0 spiro atoms. The Morgan fingerprint density at radius 2 is 1.00 bits per heavy atom. The first-order chi connectivity index (χ1) is 11.4. The van der Waals surface area contributed by atoms with Gasteiger partial charge in [-0.2, -0.15) is 10.2 Å². The van der Waals surface area contributed by atoms with E-state index in [2.05, 4.69) is 10.2 Å². The first kappa shape index (κ1) is 16.9. The van der Waals surface area contributed by atoms with Crippen molar-refractivity contribution in [1.82, 2.24) is 0 Å². The Kier molecular flexibility index (Phi) is 5.10. The third-order valence-corrected chi connectivity index (χ3v) is 3.34. The molecule has 8 nitrogen and oxygen atoms in total. The molecule has 0 aliphatic heterocycles. The van der Waals surface area contributed by atoms with Gasteiger partial charge in [-0.3, -0.25) is 20.2 Å². The van der Waals surface area contributed by atoms with Crippen LogP contribution in [0.1, 0.15) is 25.0 Å². The highest BCUT2D eigenvalue weighted by molar-refractivity contribution is 6.01. The number of rotatable bonds is 5. The second-order valence-corrected chi connectivity index (χ2v) is 4.98. The van der Waals surface area contributed by atoms with E-state index in [4.69, 9.17) is 0 Å². The molecule has 24 heavy (non-hydrogen) atoms. The number of benzene rings is 2. The van der Waals surface area contributed by atoms with Gasteiger partial charge in [-0.25, -0.2) is 0 Å². The molecular weight excluding hydrogens is 312 g/mol. The Labute approximate surface area is 137 Å². The van der Waals surface area contributed by atoms with E-state index in [1.54, 1.807) is 38.1 Å². The monoisotopic (exact) mass is 326 g/mol. The number of nitrogens with zero attached hydrogens (tertiary/aromatic N) is 4. The summed E-state index contributed by atoms with van der Waals surface area (Å²) in [6.45, 7) is 3.49. The molecule has 0 N–H and O–H groups in total. The molecular formula is C16H14N4O4. The maximum atomic E-state index is 10.6. The quantitative estimate of drug-likeness (QED) is 0.473. The average molecular weight is 326 g/mol. The summed E-state index contributed by atoms with van der Waals surface area (Å²) in [6.07, 6.45) is 0. The molecule has 0 radical (unpaired) electrons. The summed E-state index contributed by atoms with van der Waals surface area (Å²) in [7, 11) is 0. The van der Waals surface area contributed by atoms with Crippen LogP contribution in [-0.2, 0) is 0 Å². The lowest BCUT2D eigenvalue weighted by atomic mass is 10.1. The molecule has 0 saturated heterocycles. The molecule has 2 rings (SSSR count). The molecule has 0 bridgehead atoms. The lowest BCUT2D eigenvalue weighted by Gasteiger charge is -2.00. The summed E-state index contributed by atoms with van der Waals surface area (Å²) < 4.78 is 0. The minimum absolute atomic E-state index is 0.0112. The largest absolute Gasteiger partial charge is 0.269 e. The van der Waals surface area contributed by atoms with Gasteiger partial charge in [-0.05, 0) is 49.2 Å². The van der Waals surface area contributed by atoms with Gasteiger partial charge in [0.1, 0.15) is 0 Å². The molecule has 122 valence electrons. The van der Waals surface area contributed by atoms with Gasteiger partial charge < -0.3 is 0 Å². The molecule has 2 aromatic carbocycles. The first-order valence-corrected chi connectivity index (χ1v) is 6.97. The van der Waals surface area contributed by atoms with Crippen molar-refractivity contribution >= 4 is 22.8 Å². The first-order valence-electron chi connectivity index (χ1n) is 6.97. The molecule has 0 atom stereocenters. The van der Waals surface area contributed by atoms with Crippen molar-refractivity contribution in [2.75, 3.05) is 0 Å². The van der Waals surface area contributed by atoms with Crippen LogP contribution in [0.2, 0.25) is 0 Å². The minimum Gasteiger partial charge on any atom is -0.258 e. The molecule has 0 amide bonds. The lowest BCUT2D eigenvalue weighted by Crippen LogP contribution is -1.98. The van der Waals surface area contributed by atoms with E-state index < -0.39 is 9.85 Å². The predicted molar refractivity (Wildman–Crippen MR) is 90.6 cm³/mol. The molecule has 2 aromatic rings. The van der Waals surface area contributed by atoms with Gasteiger partial charge >= 0.3 is 0 Å². The van der Waals surface area contributed by atoms with E-state index in [1.807, 2.05) is 0 Å². The van der Waals surface area contributed by atoms with Crippen molar-refractivity contribution < 1.29 is 9.85 Å². The molecule has 0 aliphatic carbocycles. The fourth-order valence-electron chi connectivity index (χ4n) is 1.91. The van der Waals surface area contributed by atoms with E-state index >= 15 is 0 Å². The van der Waals surface area contributed by atoms with Crippen LogP contribution < -0.4 is 0 Å². The number of nitro benzene ring substituents is 2. The van der Waals surface area contributed by atoms with Gasteiger partial charge in [-0.15, -0.1) is 0 Å². The van der Waals surface area contributed by atoms with Crippen molar-refractivity contribution in [3.63, 3.8) is 0 Å². The number of hydrogen-bond acceptors (Lipinski definition) is 6. The molecule has 0 aromatic heterocycles. The molecule has 0 unspecified atom stereocenters. The maximum Gasteiger partial charge on any atom is 0.269 e. The van der Waals surface area contributed by atoms with E-state index in [9.17, 15) is 20.2 Å². The van der Waals surface area contributed by atoms with Crippen LogP contribution in [0.4, 0.5) is 11.4 Å². The fourth-order valence-corrected chi connectivity index (χ4v) is 1.91. The van der Waals surface area contributed by atoms with Gasteiger partial charge in [0, 0.05) is 24.3 Å². The van der Waals surface area contributed by atoms with Crippen molar-refractivity contribution in [1.29, 1.82) is 0 Å². The van der Waals surface area contributed by atoms with Crippen molar-refractivity contribution in [2.24, 2.45) is 10.2 Å². The van der Waals surface area contributed by atoms with Crippen LogP contribution in [0.5, 0.6) is 0 Å². The minimum atomic E-state index is -0.465. The maximum absolute atomic E-state index is 10.6. The van der Waals surface area contributed by atoms with Crippen LogP contribution in [0.25, 0.3) is 0 Å². The van der Waals surface area contributed by atoms with Crippen LogP contribution >= 0.6 is 0 Å². The van der Waals surface area contributed by atoms with Gasteiger partial charge in [0.2, 0.25) is 0 Å². The Morgan fingerprint density at radius 3 is 1.25 bits per heavy atom. The predicted octanol–water partition coefficient (Wildman–Crippen LogP) is 3.74. The van der Waals surface area contributed by atoms with Gasteiger partial charge in [-0.1, -0.05) is 0 Å². The summed E-state index contributed by atoms with van der Waals surface area (Å²) in [6, 6.07) is 12.0.